The van der Waals surface area contributed by atoms with Gasteiger partial charge in [-0.2, -0.15) is 4.98 Å². The van der Waals surface area contributed by atoms with Crippen molar-refractivity contribution in [1.82, 2.24) is 20.2 Å². The highest BCUT2D eigenvalue weighted by Gasteiger charge is 2.61. The number of allylic oxidation sites excluding steroid dienone is 1. The first-order chi connectivity index (χ1) is 22.1. The number of aromatic nitrogens is 2. The van der Waals surface area contributed by atoms with Gasteiger partial charge in [0.25, 0.3) is 0 Å². The second-order valence-electron chi connectivity index (χ2n) is 12.6. The first-order valence-electron chi connectivity index (χ1n) is 15.8. The predicted octanol–water partition coefficient (Wildman–Crippen LogP) is 4.55. The summed E-state index contributed by atoms with van der Waals surface area (Å²) in [6, 6.07) is 11.1. The van der Waals surface area contributed by atoms with Crippen molar-refractivity contribution < 1.29 is 33.7 Å². The Morgan fingerprint density at radius 3 is 2.50 bits per heavy atom. The number of aliphatic carboxylic acids is 1. The summed E-state index contributed by atoms with van der Waals surface area (Å²) in [6.45, 7) is 2.50. The number of carboxylic acid groups (broad SMARTS) is 1. The van der Waals surface area contributed by atoms with Crippen LogP contribution in [0.2, 0.25) is 0 Å². The molecule has 5 atom stereocenters. The van der Waals surface area contributed by atoms with Gasteiger partial charge >= 0.3 is 5.97 Å². The van der Waals surface area contributed by atoms with E-state index in [-0.39, 0.29) is 18.2 Å². The van der Waals surface area contributed by atoms with Crippen molar-refractivity contribution in [2.45, 2.75) is 57.1 Å². The molecule has 5 unspecified atom stereocenters. The third-order valence-electron chi connectivity index (χ3n) is 9.66. The van der Waals surface area contributed by atoms with E-state index < -0.39 is 35.4 Å². The molecule has 46 heavy (non-hydrogen) atoms. The van der Waals surface area contributed by atoms with Crippen LogP contribution in [0.4, 0.5) is 0 Å². The number of aryl methyl sites for hydroxylation is 1. The van der Waals surface area contributed by atoms with Crippen molar-refractivity contribution in [1.29, 1.82) is 0 Å². The van der Waals surface area contributed by atoms with Gasteiger partial charge in [0.05, 0.1) is 37.0 Å². The van der Waals surface area contributed by atoms with Crippen LogP contribution in [0.25, 0.3) is 22.3 Å². The minimum Gasteiger partial charge on any atom is -0.497 e. The number of hydrogen-bond acceptors (Lipinski definition) is 8. The zero-order valence-corrected chi connectivity index (χ0v) is 26.6. The second-order valence-corrected chi connectivity index (χ2v) is 12.6. The van der Waals surface area contributed by atoms with Crippen molar-refractivity contribution in [3.63, 3.8) is 0 Å². The molecule has 3 aliphatic rings. The molecular formula is C35H40N4O7. The summed E-state index contributed by atoms with van der Waals surface area (Å²) < 4.78 is 17.5. The number of carboxylic acids is 1. The molecule has 11 nitrogen and oxygen atoms in total. The Hall–Kier alpha value is -4.67. The largest absolute Gasteiger partial charge is 0.497 e. The molecule has 0 saturated heterocycles. The molecule has 242 valence electrons. The molecule has 2 amide bonds. The van der Waals surface area contributed by atoms with Crippen LogP contribution in [0, 0.1) is 24.7 Å². The first kappa shape index (κ1) is 31.3. The van der Waals surface area contributed by atoms with Gasteiger partial charge < -0.3 is 29.5 Å². The van der Waals surface area contributed by atoms with Crippen LogP contribution in [-0.4, -0.2) is 77.2 Å². The van der Waals surface area contributed by atoms with Crippen molar-refractivity contribution in [2.24, 2.45) is 17.8 Å². The Bertz CT molecular complexity index is 1690. The Labute approximate surface area is 267 Å². The smallest absolute Gasteiger partial charge is 0.330 e. The van der Waals surface area contributed by atoms with Gasteiger partial charge in [-0.05, 0) is 81.8 Å². The lowest BCUT2D eigenvalue weighted by Crippen LogP contribution is -2.49. The predicted molar refractivity (Wildman–Crippen MR) is 171 cm³/mol. The summed E-state index contributed by atoms with van der Waals surface area (Å²) in [5.74, 6) is -1.14. The summed E-state index contributed by atoms with van der Waals surface area (Å²) >= 11 is 0. The van der Waals surface area contributed by atoms with Gasteiger partial charge in [-0.3, -0.25) is 9.59 Å². The van der Waals surface area contributed by atoms with Gasteiger partial charge in [-0.25, -0.2) is 9.78 Å². The van der Waals surface area contributed by atoms with E-state index in [9.17, 15) is 19.5 Å². The van der Waals surface area contributed by atoms with Gasteiger partial charge in [0, 0.05) is 30.6 Å². The fourth-order valence-electron chi connectivity index (χ4n) is 6.81. The van der Waals surface area contributed by atoms with Crippen LogP contribution in [0.15, 0.2) is 48.6 Å². The number of rotatable bonds is 6. The fraction of sp³-hybridized carbons (Fsp3) is 0.457. The maximum absolute atomic E-state index is 13.8. The number of ether oxygens (including phenoxy) is 3. The molecule has 2 saturated carbocycles. The molecule has 11 heteroatoms. The minimum atomic E-state index is -1.34. The van der Waals surface area contributed by atoms with Gasteiger partial charge in [-0.15, -0.1) is 0 Å². The molecule has 0 spiro atoms. The van der Waals surface area contributed by atoms with Crippen molar-refractivity contribution in [2.75, 3.05) is 27.8 Å². The van der Waals surface area contributed by atoms with Crippen LogP contribution < -0.4 is 19.5 Å². The maximum atomic E-state index is 13.8. The standard InChI is InChI=1S/C35H40N4O7/c1-20-28(45-4)15-14-25-29(20)36-30(21-10-12-23(44-3)13-11-21)37-32(25)46-24-17-26-27(18-24)33(41)39(2)16-8-6-5-7-9-22-19-35(22,34(42)43)38-31(26)40/h7,9-15,22,24,26-27H,5-6,8,16-19H2,1-4H3,(H,38,40)(H,42,43)/b9-7+. The van der Waals surface area contributed by atoms with E-state index in [0.29, 0.717) is 53.5 Å². The highest BCUT2D eigenvalue weighted by Crippen LogP contribution is 2.46. The molecular weight excluding hydrogens is 588 g/mol. The molecule has 1 aromatic heterocycles. The molecule has 6 rings (SSSR count). The Morgan fingerprint density at radius 1 is 1.02 bits per heavy atom. The Morgan fingerprint density at radius 2 is 1.78 bits per heavy atom. The summed E-state index contributed by atoms with van der Waals surface area (Å²) in [7, 11) is 4.97. The third kappa shape index (κ3) is 5.86. The fourth-order valence-corrected chi connectivity index (χ4v) is 6.81. The summed E-state index contributed by atoms with van der Waals surface area (Å²) in [4.78, 5) is 51.3. The lowest BCUT2D eigenvalue weighted by atomic mass is 9.93. The summed E-state index contributed by atoms with van der Waals surface area (Å²) in [6.07, 6.45) is 6.73. The molecule has 1 aliphatic heterocycles. The molecule has 2 aliphatic carbocycles. The maximum Gasteiger partial charge on any atom is 0.330 e. The quantitative estimate of drug-likeness (QED) is 0.376. The highest BCUT2D eigenvalue weighted by molar-refractivity contribution is 5.94. The van der Waals surface area contributed by atoms with Gasteiger partial charge in [-0.1, -0.05) is 12.2 Å². The van der Waals surface area contributed by atoms with Gasteiger partial charge in [0.15, 0.2) is 5.82 Å². The number of carbonyl (C=O) groups excluding carboxylic acids is 2. The zero-order valence-electron chi connectivity index (χ0n) is 26.6. The average molecular weight is 629 g/mol. The Kier molecular flexibility index (Phi) is 8.59. The molecule has 0 bridgehead atoms. The zero-order chi connectivity index (χ0) is 32.6. The number of hydrogen-bond donors (Lipinski definition) is 2. The van der Waals surface area contributed by atoms with Crippen molar-refractivity contribution in [3.8, 4) is 28.8 Å². The van der Waals surface area contributed by atoms with Crippen LogP contribution in [0.1, 0.15) is 44.1 Å². The number of nitrogens with zero attached hydrogens (tertiary/aromatic N) is 3. The number of nitrogens with one attached hydrogen (secondary N) is 1. The molecule has 3 aromatic rings. The van der Waals surface area contributed by atoms with Crippen LogP contribution >= 0.6 is 0 Å². The van der Waals surface area contributed by atoms with Crippen LogP contribution in [-0.2, 0) is 14.4 Å². The van der Waals surface area contributed by atoms with Crippen molar-refractivity contribution >= 4 is 28.7 Å². The van der Waals surface area contributed by atoms with Crippen LogP contribution in [0.3, 0.4) is 0 Å². The molecule has 2 aromatic carbocycles. The topological polar surface area (TPSA) is 140 Å². The monoisotopic (exact) mass is 628 g/mol. The molecule has 2 heterocycles. The van der Waals surface area contributed by atoms with E-state index in [0.717, 1.165) is 30.4 Å². The SMILES string of the molecule is COc1ccc(-c2nc(OC3CC4C(=O)NC5(C(=O)O)CC5/C=C/CCCCN(C)C(=O)C4C3)c3ccc(OC)c(C)c3n2)cc1. The molecule has 2 N–H and O–H groups in total. The van der Waals surface area contributed by atoms with E-state index in [1.54, 1.807) is 26.2 Å². The number of amides is 2. The summed E-state index contributed by atoms with van der Waals surface area (Å²) in [5, 5.41) is 13.6. The van der Waals surface area contributed by atoms with E-state index in [2.05, 4.69) is 5.32 Å². The molecule has 0 radical (unpaired) electrons. The van der Waals surface area contributed by atoms with E-state index in [1.807, 2.05) is 55.5 Å². The van der Waals surface area contributed by atoms with Gasteiger partial charge in [0.2, 0.25) is 17.7 Å². The van der Waals surface area contributed by atoms with E-state index in [4.69, 9.17) is 24.2 Å². The number of fused-ring (bicyclic) bond motifs is 3. The highest BCUT2D eigenvalue weighted by atomic mass is 16.5. The first-order valence-corrected chi connectivity index (χ1v) is 15.8. The van der Waals surface area contributed by atoms with Gasteiger partial charge in [0.1, 0.15) is 23.1 Å². The average Bonchev–Trinajstić information content (AvgIpc) is 3.59. The minimum absolute atomic E-state index is 0.136. The number of carbonyl (C=O) groups is 3. The number of methoxy groups -OCH3 is 2. The summed E-state index contributed by atoms with van der Waals surface area (Å²) in [5.41, 5.74) is 0.904. The lowest BCUT2D eigenvalue weighted by molar-refractivity contribution is -0.145. The second kappa shape index (κ2) is 12.6. The number of benzene rings is 2. The normalized spacial score (nSPS) is 27.2. The Balaban J connectivity index is 1.35. The van der Waals surface area contributed by atoms with E-state index in [1.165, 1.54) is 0 Å². The van der Waals surface area contributed by atoms with E-state index >= 15 is 0 Å². The third-order valence-corrected chi connectivity index (χ3v) is 9.66. The lowest BCUT2D eigenvalue weighted by Gasteiger charge is -2.26. The van der Waals surface area contributed by atoms with Crippen LogP contribution in [0.5, 0.6) is 17.4 Å². The molecule has 2 fully saturated rings. The van der Waals surface area contributed by atoms with Crippen molar-refractivity contribution in [3.05, 3.63) is 54.1 Å².